The smallest absolute Gasteiger partial charge is 0.275 e. The molecule has 1 amide bonds. The van der Waals surface area contributed by atoms with Crippen molar-refractivity contribution in [1.29, 1.82) is 0 Å². The molecule has 0 unspecified atom stereocenters. The highest BCUT2D eigenvalue weighted by Crippen LogP contribution is 2.28. The Morgan fingerprint density at radius 2 is 1.77 bits per heavy atom. The van der Waals surface area contributed by atoms with Gasteiger partial charge in [0.1, 0.15) is 22.9 Å². The molecule has 0 saturated heterocycles. The lowest BCUT2D eigenvalue weighted by molar-refractivity contribution is 0.102. The van der Waals surface area contributed by atoms with E-state index in [4.69, 9.17) is 9.47 Å². The Morgan fingerprint density at radius 3 is 2.53 bits per heavy atom. The zero-order valence-electron chi connectivity index (χ0n) is 16.2. The van der Waals surface area contributed by atoms with Gasteiger partial charge in [-0.25, -0.2) is 9.97 Å². The maximum Gasteiger partial charge on any atom is 0.275 e. The van der Waals surface area contributed by atoms with E-state index in [1.165, 1.54) is 11.3 Å². The molecule has 0 radical (unpaired) electrons. The van der Waals surface area contributed by atoms with Crippen LogP contribution in [0.4, 0.5) is 5.69 Å². The molecule has 4 aromatic rings. The Hall–Kier alpha value is -3.71. The van der Waals surface area contributed by atoms with Gasteiger partial charge in [0.15, 0.2) is 0 Å². The van der Waals surface area contributed by atoms with Crippen LogP contribution in [-0.2, 0) is 6.42 Å². The molecule has 150 valence electrons. The fourth-order valence-corrected chi connectivity index (χ4v) is 3.58. The molecule has 0 bridgehead atoms. The van der Waals surface area contributed by atoms with Gasteiger partial charge in [-0.2, -0.15) is 0 Å². The third kappa shape index (κ3) is 4.82. The molecular formula is C23H19N3O3S. The topological polar surface area (TPSA) is 73.3 Å². The molecular weight excluding hydrogens is 398 g/mol. The quantitative estimate of drug-likeness (QED) is 0.448. The third-order valence-corrected chi connectivity index (χ3v) is 5.12. The molecule has 30 heavy (non-hydrogen) atoms. The number of carbonyl (C=O) groups is 1. The summed E-state index contributed by atoms with van der Waals surface area (Å²) in [6.45, 7) is 0. The van der Waals surface area contributed by atoms with Crippen molar-refractivity contribution in [2.75, 3.05) is 12.4 Å². The highest BCUT2D eigenvalue weighted by molar-refractivity contribution is 7.09. The first-order chi connectivity index (χ1) is 14.7. The van der Waals surface area contributed by atoms with Crippen LogP contribution in [0.3, 0.4) is 0 Å². The van der Waals surface area contributed by atoms with Gasteiger partial charge in [-0.1, -0.05) is 30.3 Å². The normalized spacial score (nSPS) is 10.4. The number of anilines is 1. The summed E-state index contributed by atoms with van der Waals surface area (Å²) < 4.78 is 11.0. The van der Waals surface area contributed by atoms with Crippen molar-refractivity contribution in [3.05, 3.63) is 94.6 Å². The first kappa shape index (κ1) is 19.6. The minimum absolute atomic E-state index is 0.302. The zero-order valence-corrected chi connectivity index (χ0v) is 17.1. The van der Waals surface area contributed by atoms with Gasteiger partial charge in [-0.15, -0.1) is 11.3 Å². The SMILES string of the molecule is COc1ccc(Oc2ncccc2NC(=O)c2csc(Cc3ccccc3)n2)cc1. The molecule has 0 aliphatic heterocycles. The number of methoxy groups -OCH3 is 1. The number of ether oxygens (including phenoxy) is 2. The number of benzene rings is 2. The number of carbonyl (C=O) groups excluding carboxylic acids is 1. The second kappa shape index (κ2) is 9.19. The van der Waals surface area contributed by atoms with Crippen LogP contribution in [-0.4, -0.2) is 23.0 Å². The van der Waals surface area contributed by atoms with E-state index < -0.39 is 0 Å². The molecule has 1 N–H and O–H groups in total. The molecule has 0 spiro atoms. The minimum atomic E-state index is -0.307. The lowest BCUT2D eigenvalue weighted by Crippen LogP contribution is -2.13. The first-order valence-corrected chi connectivity index (χ1v) is 10.2. The minimum Gasteiger partial charge on any atom is -0.497 e. The second-order valence-corrected chi connectivity index (χ2v) is 7.32. The van der Waals surface area contributed by atoms with Crippen molar-refractivity contribution in [1.82, 2.24) is 9.97 Å². The molecule has 0 fully saturated rings. The molecule has 0 aliphatic carbocycles. The molecule has 2 aromatic carbocycles. The molecule has 0 atom stereocenters. The molecule has 2 aromatic heterocycles. The standard InChI is InChI=1S/C23H19N3O3S/c1-28-17-9-11-18(12-10-17)29-23-19(8-5-13-24-23)26-22(27)20-15-30-21(25-20)14-16-6-3-2-4-7-16/h2-13,15H,14H2,1H3,(H,26,27). The summed E-state index contributed by atoms with van der Waals surface area (Å²) in [6, 6.07) is 20.6. The van der Waals surface area contributed by atoms with Crippen LogP contribution in [0.1, 0.15) is 21.1 Å². The highest BCUT2D eigenvalue weighted by Gasteiger charge is 2.15. The van der Waals surface area contributed by atoms with Crippen molar-refractivity contribution in [3.8, 4) is 17.4 Å². The predicted octanol–water partition coefficient (Wildman–Crippen LogP) is 5.18. The lowest BCUT2D eigenvalue weighted by atomic mass is 10.2. The van der Waals surface area contributed by atoms with Crippen molar-refractivity contribution < 1.29 is 14.3 Å². The largest absolute Gasteiger partial charge is 0.497 e. The Labute approximate surface area is 178 Å². The van der Waals surface area contributed by atoms with Crippen LogP contribution < -0.4 is 14.8 Å². The maximum absolute atomic E-state index is 12.7. The molecule has 4 rings (SSSR count). The average molecular weight is 417 g/mol. The number of pyridine rings is 1. The first-order valence-electron chi connectivity index (χ1n) is 9.28. The predicted molar refractivity (Wildman–Crippen MR) is 117 cm³/mol. The van der Waals surface area contributed by atoms with Crippen LogP contribution >= 0.6 is 11.3 Å². The summed E-state index contributed by atoms with van der Waals surface area (Å²) in [5.74, 6) is 1.31. The summed E-state index contributed by atoms with van der Waals surface area (Å²) in [5.41, 5.74) is 1.99. The van der Waals surface area contributed by atoms with E-state index in [1.54, 1.807) is 55.1 Å². The van der Waals surface area contributed by atoms with Gasteiger partial charge < -0.3 is 14.8 Å². The molecule has 2 heterocycles. The van der Waals surface area contributed by atoms with Crippen molar-refractivity contribution in [2.24, 2.45) is 0 Å². The highest BCUT2D eigenvalue weighted by atomic mass is 32.1. The number of thiazole rings is 1. The average Bonchev–Trinajstić information content (AvgIpc) is 3.25. The van der Waals surface area contributed by atoms with E-state index in [0.717, 1.165) is 16.3 Å². The van der Waals surface area contributed by atoms with Gasteiger partial charge in [-0.3, -0.25) is 4.79 Å². The van der Waals surface area contributed by atoms with Crippen molar-refractivity contribution in [2.45, 2.75) is 6.42 Å². The Morgan fingerprint density at radius 1 is 1.00 bits per heavy atom. The van der Waals surface area contributed by atoms with Crippen LogP contribution in [0, 0.1) is 0 Å². The van der Waals surface area contributed by atoms with E-state index >= 15 is 0 Å². The van der Waals surface area contributed by atoms with Crippen LogP contribution in [0.2, 0.25) is 0 Å². The fraction of sp³-hybridized carbons (Fsp3) is 0.0870. The number of hydrogen-bond acceptors (Lipinski definition) is 6. The van der Waals surface area contributed by atoms with Gasteiger partial charge in [0.05, 0.1) is 12.1 Å². The third-order valence-electron chi connectivity index (χ3n) is 4.28. The maximum atomic E-state index is 12.7. The lowest BCUT2D eigenvalue weighted by Gasteiger charge is -2.10. The van der Waals surface area contributed by atoms with Crippen LogP contribution in [0.15, 0.2) is 78.3 Å². The molecule has 7 heteroatoms. The van der Waals surface area contributed by atoms with E-state index in [9.17, 15) is 4.79 Å². The van der Waals surface area contributed by atoms with E-state index in [2.05, 4.69) is 15.3 Å². The number of hydrogen-bond donors (Lipinski definition) is 1. The summed E-state index contributed by atoms with van der Waals surface area (Å²) in [6.07, 6.45) is 2.30. The Kier molecular flexibility index (Phi) is 6.01. The summed E-state index contributed by atoms with van der Waals surface area (Å²) in [7, 11) is 1.60. The number of rotatable bonds is 7. The number of nitrogens with zero attached hydrogens (tertiary/aromatic N) is 2. The van der Waals surface area contributed by atoms with Gasteiger partial charge >= 0.3 is 0 Å². The van der Waals surface area contributed by atoms with Gasteiger partial charge in [0, 0.05) is 18.0 Å². The molecule has 0 aliphatic rings. The monoisotopic (exact) mass is 417 g/mol. The summed E-state index contributed by atoms with van der Waals surface area (Å²) >= 11 is 1.46. The second-order valence-electron chi connectivity index (χ2n) is 6.38. The van der Waals surface area contributed by atoms with Crippen molar-refractivity contribution >= 4 is 22.9 Å². The van der Waals surface area contributed by atoms with Gasteiger partial charge in [0.25, 0.3) is 5.91 Å². The number of amides is 1. The van der Waals surface area contributed by atoms with Gasteiger partial charge in [-0.05, 0) is 42.0 Å². The summed E-state index contributed by atoms with van der Waals surface area (Å²) in [4.78, 5) is 21.4. The molecule has 6 nitrogen and oxygen atoms in total. The van der Waals surface area contributed by atoms with Crippen molar-refractivity contribution in [3.63, 3.8) is 0 Å². The zero-order chi connectivity index (χ0) is 20.8. The Balaban J connectivity index is 1.46. The van der Waals surface area contributed by atoms with E-state index in [1.807, 2.05) is 30.3 Å². The number of nitrogens with one attached hydrogen (secondary N) is 1. The summed E-state index contributed by atoms with van der Waals surface area (Å²) in [5, 5.41) is 5.48. The fourth-order valence-electron chi connectivity index (χ4n) is 2.78. The Bertz CT molecular complexity index is 1130. The van der Waals surface area contributed by atoms with E-state index in [-0.39, 0.29) is 5.91 Å². The van der Waals surface area contributed by atoms with Crippen LogP contribution in [0.5, 0.6) is 17.4 Å². The van der Waals surface area contributed by atoms with E-state index in [0.29, 0.717) is 29.4 Å². The van der Waals surface area contributed by atoms with Crippen LogP contribution in [0.25, 0.3) is 0 Å². The van der Waals surface area contributed by atoms with Gasteiger partial charge in [0.2, 0.25) is 5.88 Å². The molecule has 0 saturated carbocycles. The number of aromatic nitrogens is 2.